The van der Waals surface area contributed by atoms with Crippen LogP contribution in [0.5, 0.6) is 11.5 Å². The van der Waals surface area contributed by atoms with E-state index < -0.39 is 84.0 Å². The van der Waals surface area contributed by atoms with Crippen LogP contribution in [0.2, 0.25) is 0 Å². The van der Waals surface area contributed by atoms with Crippen molar-refractivity contribution in [3.8, 4) is 11.5 Å². The maximum Gasteiger partial charge on any atom is 0.437 e. The number of rotatable bonds is 9. The van der Waals surface area contributed by atoms with Crippen LogP contribution in [0.15, 0.2) is 30.4 Å². The summed E-state index contributed by atoms with van der Waals surface area (Å²) >= 11 is 1.04. The molecule has 356 valence electrons. The number of alkyl halides is 3. The molecule has 6 heterocycles. The maximum absolute atomic E-state index is 15.0. The van der Waals surface area contributed by atoms with E-state index in [1.807, 2.05) is 19.9 Å². The van der Waals surface area contributed by atoms with Crippen molar-refractivity contribution in [2.24, 2.45) is 5.92 Å². The third-order valence-electron chi connectivity index (χ3n) is 13.6. The molecule has 0 unspecified atom stereocenters. The number of piperidine rings is 1. The van der Waals surface area contributed by atoms with Crippen LogP contribution in [0.3, 0.4) is 0 Å². The molecule has 0 bridgehead atoms. The molecule has 1 aromatic heterocycles. The summed E-state index contributed by atoms with van der Waals surface area (Å²) in [5.41, 5.74) is -2.39. The molecular weight excluding hydrogens is 890 g/mol. The largest absolute Gasteiger partial charge is 0.490 e. The molecule has 1 spiro atoms. The zero-order valence-electron chi connectivity index (χ0n) is 37.3. The lowest BCUT2D eigenvalue weighted by Gasteiger charge is -2.37. The standard InChI is InChI=1S/C45H59F3N6O9S2/c1-5-53-21-16-28(17-22-53)62-29-13-14-32-31(23-29)30-15-18-43(63-36(30)37(49-32)45(46,47)48)24-34-38(55)51-44(40(57)52-65(59,60)42(4)19-20-42)35(64-44)12-10-8-6-7-9-11-33(39(56)54(34)26-43)50-41(58)61-25-27(2)3/h10,12-14,23,27-28,33-35H,5-9,11,15-22,24-26H2,1-4H3,(H,50,58)(H,51,55)(H,52,57)/b12-10-/t33-,34-,35-,43+,44-/m0/s1. The molecule has 3 saturated heterocycles. The molecule has 1 aromatic carbocycles. The first-order chi connectivity index (χ1) is 30.8. The minimum Gasteiger partial charge on any atom is -0.490 e. The summed E-state index contributed by atoms with van der Waals surface area (Å²) in [6.45, 7) is 9.79. The van der Waals surface area contributed by atoms with Crippen LogP contribution in [-0.2, 0) is 41.7 Å². The molecule has 8 rings (SSSR count). The van der Waals surface area contributed by atoms with Crippen LogP contribution in [0, 0.1) is 5.92 Å². The number of carbonyl (C=O) groups excluding carboxylic acids is 4. The van der Waals surface area contributed by atoms with Crippen LogP contribution in [0.25, 0.3) is 10.9 Å². The van der Waals surface area contributed by atoms with Crippen molar-refractivity contribution < 1.29 is 55.0 Å². The number of carbonyl (C=O) groups is 4. The fraction of sp³-hybridized carbons (Fsp3) is 0.667. The van der Waals surface area contributed by atoms with Crippen molar-refractivity contribution in [3.63, 3.8) is 0 Å². The molecular formula is C45H59F3N6O9S2. The number of pyridine rings is 1. The second-order valence-corrected chi connectivity index (χ2v) is 22.7. The number of hydrogen-bond donors (Lipinski definition) is 3. The van der Waals surface area contributed by atoms with Crippen molar-refractivity contribution in [1.29, 1.82) is 0 Å². The van der Waals surface area contributed by atoms with Gasteiger partial charge < -0.3 is 34.6 Å². The van der Waals surface area contributed by atoms with E-state index in [9.17, 15) is 27.6 Å². The Labute approximate surface area is 381 Å². The Hall–Kier alpha value is -4.30. The Kier molecular flexibility index (Phi) is 13.1. The van der Waals surface area contributed by atoms with E-state index in [4.69, 9.17) is 14.2 Å². The molecule has 2 aromatic rings. The summed E-state index contributed by atoms with van der Waals surface area (Å²) in [7, 11) is -4.11. The Morgan fingerprint density at radius 1 is 1.09 bits per heavy atom. The van der Waals surface area contributed by atoms with Crippen LogP contribution in [0.4, 0.5) is 18.0 Å². The summed E-state index contributed by atoms with van der Waals surface area (Å²) in [5.74, 6) is -2.43. The fourth-order valence-corrected chi connectivity index (χ4v) is 11.8. The number of fused-ring (bicyclic) bond motifs is 5. The van der Waals surface area contributed by atoms with Crippen molar-refractivity contribution in [1.82, 2.24) is 30.1 Å². The monoisotopic (exact) mass is 948 g/mol. The molecule has 4 amide bonds. The van der Waals surface area contributed by atoms with E-state index in [-0.39, 0.29) is 61.9 Å². The normalized spacial score (nSPS) is 29.0. The number of amides is 4. The number of thioether (sulfide) groups is 1. The number of aryl methyl sites for hydroxylation is 1. The van der Waals surface area contributed by atoms with E-state index in [1.54, 1.807) is 18.2 Å². The highest BCUT2D eigenvalue weighted by Gasteiger charge is 2.65. The van der Waals surface area contributed by atoms with E-state index in [0.29, 0.717) is 49.7 Å². The maximum atomic E-state index is 15.0. The van der Waals surface area contributed by atoms with Crippen LogP contribution < -0.4 is 24.8 Å². The van der Waals surface area contributed by atoms with Crippen LogP contribution in [0.1, 0.15) is 110 Å². The van der Waals surface area contributed by atoms with Crippen LogP contribution >= 0.6 is 11.8 Å². The molecule has 6 aliphatic rings. The molecule has 15 nitrogen and oxygen atoms in total. The quantitative estimate of drug-likeness (QED) is 0.198. The fourth-order valence-electron chi connectivity index (χ4n) is 9.34. The SMILES string of the molecule is CCN1CCC(Oc2ccc3nc(C(F)(F)F)c4c(c3c2)CC[C@]2(C[C@H]3C(=O)N[C@]5(C(=O)NS(=O)(=O)C6(C)CC6)S[C@H]5/C=C\CCCCC[C@H](NC(=O)OCC(C)C)C(=O)N3C2)O4)CC1. The number of ether oxygens (including phenoxy) is 3. The number of sulfonamides is 1. The van der Waals surface area contributed by atoms with Crippen molar-refractivity contribution in [3.05, 3.63) is 41.6 Å². The van der Waals surface area contributed by atoms with Crippen LogP contribution in [-0.4, -0.2) is 118 Å². The molecule has 4 fully saturated rings. The van der Waals surface area contributed by atoms with Gasteiger partial charge in [0.05, 0.1) is 28.7 Å². The minimum atomic E-state index is -4.94. The average Bonchev–Trinajstić information content (AvgIpc) is 4.15. The summed E-state index contributed by atoms with van der Waals surface area (Å²) in [6, 6.07) is 2.26. The molecule has 0 radical (unpaired) electrons. The van der Waals surface area contributed by atoms with Gasteiger partial charge in [0.15, 0.2) is 16.3 Å². The van der Waals surface area contributed by atoms with Crippen molar-refractivity contribution in [2.45, 2.75) is 150 Å². The molecule has 1 saturated carbocycles. The van der Waals surface area contributed by atoms with Gasteiger partial charge in [0, 0.05) is 30.5 Å². The van der Waals surface area contributed by atoms with E-state index >= 15 is 13.2 Å². The van der Waals surface area contributed by atoms with Gasteiger partial charge in [-0.25, -0.2) is 22.9 Å². The Morgan fingerprint density at radius 3 is 2.54 bits per heavy atom. The molecule has 65 heavy (non-hydrogen) atoms. The summed E-state index contributed by atoms with van der Waals surface area (Å²) in [4.78, 5) is 62.6. The molecule has 5 aliphatic heterocycles. The topological polar surface area (TPSA) is 186 Å². The van der Waals surface area contributed by atoms with Gasteiger partial charge in [-0.1, -0.05) is 45.8 Å². The average molecular weight is 949 g/mol. The highest BCUT2D eigenvalue weighted by atomic mass is 32.2. The number of hydrogen-bond acceptors (Lipinski definition) is 12. The summed E-state index contributed by atoms with van der Waals surface area (Å²) < 4.78 is 90.9. The number of halogens is 3. The van der Waals surface area contributed by atoms with Gasteiger partial charge in [-0.2, -0.15) is 13.2 Å². The van der Waals surface area contributed by atoms with Gasteiger partial charge in [0.25, 0.3) is 5.91 Å². The lowest BCUT2D eigenvalue weighted by Crippen LogP contribution is -2.58. The van der Waals surface area contributed by atoms with E-state index in [1.165, 1.54) is 17.9 Å². The van der Waals surface area contributed by atoms with E-state index in [0.717, 1.165) is 44.2 Å². The molecule has 1 aliphatic carbocycles. The summed E-state index contributed by atoms with van der Waals surface area (Å²) in [6.07, 6.45) is 2.67. The number of aromatic nitrogens is 1. The van der Waals surface area contributed by atoms with Gasteiger partial charge in [0.1, 0.15) is 29.5 Å². The first kappa shape index (κ1) is 47.2. The highest BCUT2D eigenvalue weighted by molar-refractivity contribution is 8.10. The van der Waals surface area contributed by atoms with Crippen molar-refractivity contribution >= 4 is 56.5 Å². The van der Waals surface area contributed by atoms with Crippen molar-refractivity contribution in [2.75, 3.05) is 32.8 Å². The molecule has 3 N–H and O–H groups in total. The van der Waals surface area contributed by atoms with Gasteiger partial charge in [0.2, 0.25) is 21.8 Å². The first-order valence-electron chi connectivity index (χ1n) is 22.8. The molecule has 5 atom stereocenters. The zero-order valence-corrected chi connectivity index (χ0v) is 38.9. The highest BCUT2D eigenvalue weighted by Crippen LogP contribution is 2.54. The lowest BCUT2D eigenvalue weighted by molar-refractivity contribution is -0.144. The Morgan fingerprint density at radius 2 is 1.85 bits per heavy atom. The van der Waals surface area contributed by atoms with Gasteiger partial charge in [-0.05, 0) is 95.4 Å². The number of nitrogens with one attached hydrogen (secondary N) is 3. The van der Waals surface area contributed by atoms with Gasteiger partial charge in [-0.3, -0.25) is 14.4 Å². The third kappa shape index (κ3) is 9.90. The number of likely N-dealkylation sites (tertiary alicyclic amines) is 1. The molecule has 20 heteroatoms. The minimum absolute atomic E-state index is 0.00212. The second-order valence-electron chi connectivity index (χ2n) is 19.1. The number of allylic oxidation sites excluding steroid dienone is 1. The predicted octanol–water partition coefficient (Wildman–Crippen LogP) is 5.98. The zero-order chi connectivity index (χ0) is 46.5. The first-order valence-corrected chi connectivity index (χ1v) is 25.2. The van der Waals surface area contributed by atoms with E-state index in [2.05, 4.69) is 32.2 Å². The Balaban J connectivity index is 1.14. The smallest absolute Gasteiger partial charge is 0.437 e. The number of alkyl carbamates (subject to hydrolysis) is 1. The lowest BCUT2D eigenvalue weighted by atomic mass is 9.87. The number of nitrogens with zero attached hydrogens (tertiary/aromatic N) is 3. The summed E-state index contributed by atoms with van der Waals surface area (Å²) in [5, 5.41) is 5.25. The number of benzene rings is 1. The third-order valence-corrected chi connectivity index (χ3v) is 17.2. The van der Waals surface area contributed by atoms with Gasteiger partial charge in [-0.15, -0.1) is 11.8 Å². The Bertz CT molecular complexity index is 2340. The predicted molar refractivity (Wildman–Crippen MR) is 237 cm³/mol. The van der Waals surface area contributed by atoms with Gasteiger partial charge >= 0.3 is 12.3 Å². The second kappa shape index (κ2) is 18.1.